The number of hydrogen-bond acceptors (Lipinski definition) is 3. The number of hydrogen-bond donors (Lipinski definition) is 2. The molecule has 0 unspecified atom stereocenters. The van der Waals surface area contributed by atoms with Gasteiger partial charge in [-0.2, -0.15) is 5.10 Å². The molecule has 1 rings (SSSR count). The van der Waals surface area contributed by atoms with Crippen LogP contribution in [0.2, 0.25) is 0 Å². The molecule has 0 saturated heterocycles. The second-order valence-corrected chi connectivity index (χ2v) is 7.01. The number of carbonyl (C=O) groups is 2. The summed E-state index contributed by atoms with van der Waals surface area (Å²) in [6.45, 7) is 10.1. The molecule has 0 heterocycles. The van der Waals surface area contributed by atoms with Gasteiger partial charge in [0.1, 0.15) is 0 Å². The molecular formula is C22H31N3O2. The van der Waals surface area contributed by atoms with Crippen molar-refractivity contribution in [1.82, 2.24) is 5.43 Å². The van der Waals surface area contributed by atoms with E-state index in [4.69, 9.17) is 0 Å². The fourth-order valence-corrected chi connectivity index (χ4v) is 2.31. The van der Waals surface area contributed by atoms with Crippen LogP contribution in [0.1, 0.15) is 57.6 Å². The lowest BCUT2D eigenvalue weighted by Gasteiger charge is -2.09. The van der Waals surface area contributed by atoms with E-state index in [1.54, 1.807) is 6.21 Å². The van der Waals surface area contributed by atoms with Gasteiger partial charge < -0.3 is 5.32 Å². The number of amides is 2. The van der Waals surface area contributed by atoms with Crippen LogP contribution >= 0.6 is 0 Å². The number of carbonyl (C=O) groups excluding carboxylic acids is 2. The quantitative estimate of drug-likeness (QED) is 0.372. The number of hydrazone groups is 1. The first kappa shape index (κ1) is 22.4. The van der Waals surface area contributed by atoms with Crippen molar-refractivity contribution in [2.24, 2.45) is 5.10 Å². The second kappa shape index (κ2) is 11.8. The van der Waals surface area contributed by atoms with Crippen LogP contribution < -0.4 is 10.7 Å². The predicted octanol–water partition coefficient (Wildman–Crippen LogP) is 4.82. The van der Waals surface area contributed by atoms with Gasteiger partial charge in [0.25, 0.3) is 0 Å². The van der Waals surface area contributed by atoms with E-state index in [1.165, 1.54) is 11.1 Å². The molecule has 0 bridgehead atoms. The molecule has 5 heteroatoms. The minimum absolute atomic E-state index is 0.0945. The Morgan fingerprint density at radius 1 is 1.04 bits per heavy atom. The lowest BCUT2D eigenvalue weighted by Crippen LogP contribution is -2.20. The summed E-state index contributed by atoms with van der Waals surface area (Å²) < 4.78 is 0. The lowest BCUT2D eigenvalue weighted by atomic mass is 10.1. The van der Waals surface area contributed by atoms with Crippen LogP contribution in [-0.2, 0) is 9.59 Å². The van der Waals surface area contributed by atoms with E-state index in [9.17, 15) is 9.59 Å². The molecule has 2 N–H and O–H groups in total. The predicted molar refractivity (Wildman–Crippen MR) is 113 cm³/mol. The van der Waals surface area contributed by atoms with Crippen molar-refractivity contribution < 1.29 is 9.59 Å². The van der Waals surface area contributed by atoms with Gasteiger partial charge in [-0.3, -0.25) is 9.59 Å². The molecule has 0 aliphatic carbocycles. The Hall–Kier alpha value is -2.69. The van der Waals surface area contributed by atoms with Gasteiger partial charge in [0.15, 0.2) is 0 Å². The molecule has 0 fully saturated rings. The molecule has 5 nitrogen and oxygen atoms in total. The van der Waals surface area contributed by atoms with Crippen molar-refractivity contribution in [1.29, 1.82) is 0 Å². The molecule has 0 spiro atoms. The third-order valence-corrected chi connectivity index (χ3v) is 3.96. The lowest BCUT2D eigenvalue weighted by molar-refractivity contribution is -0.124. The zero-order valence-corrected chi connectivity index (χ0v) is 17.1. The smallest absolute Gasteiger partial charge is 0.240 e. The van der Waals surface area contributed by atoms with Crippen LogP contribution in [0, 0.1) is 13.8 Å². The Kier molecular flexibility index (Phi) is 9.80. The van der Waals surface area contributed by atoms with Gasteiger partial charge in [-0.05, 0) is 70.7 Å². The third-order valence-electron chi connectivity index (χ3n) is 3.96. The normalized spacial score (nSPS) is 11.4. The van der Waals surface area contributed by atoms with Crippen molar-refractivity contribution in [3.63, 3.8) is 0 Å². The second-order valence-electron chi connectivity index (χ2n) is 7.01. The minimum Gasteiger partial charge on any atom is -0.326 e. The van der Waals surface area contributed by atoms with Crippen molar-refractivity contribution in [3.05, 3.63) is 52.6 Å². The van der Waals surface area contributed by atoms with Crippen LogP contribution in [0.5, 0.6) is 0 Å². The summed E-state index contributed by atoms with van der Waals surface area (Å²) in [5.74, 6) is -0.462. The molecule has 0 radical (unpaired) electrons. The molecule has 0 aliphatic heterocycles. The van der Waals surface area contributed by atoms with Gasteiger partial charge in [-0.1, -0.05) is 29.4 Å². The highest BCUT2D eigenvalue weighted by molar-refractivity contribution is 5.94. The van der Waals surface area contributed by atoms with Crippen molar-refractivity contribution in [3.8, 4) is 0 Å². The highest BCUT2D eigenvalue weighted by Gasteiger charge is 2.08. The van der Waals surface area contributed by atoms with Crippen LogP contribution in [0.15, 0.2) is 46.6 Å². The SMILES string of the molecule is CC(C)=CCCC(C)=CC=NNC(=O)CCC(=O)Nc1cc(C)ccc1C. The Morgan fingerprint density at radius 2 is 1.74 bits per heavy atom. The monoisotopic (exact) mass is 369 g/mol. The molecule has 1 aromatic rings. The van der Waals surface area contributed by atoms with Crippen LogP contribution in [0.4, 0.5) is 5.69 Å². The van der Waals surface area contributed by atoms with Gasteiger partial charge in [0, 0.05) is 24.7 Å². The number of rotatable bonds is 9. The Balaban J connectivity index is 2.33. The van der Waals surface area contributed by atoms with Gasteiger partial charge in [-0.25, -0.2) is 5.43 Å². The molecular weight excluding hydrogens is 338 g/mol. The van der Waals surface area contributed by atoms with E-state index < -0.39 is 0 Å². The summed E-state index contributed by atoms with van der Waals surface area (Å²) in [5, 5.41) is 6.74. The van der Waals surface area contributed by atoms with Gasteiger partial charge in [0.2, 0.25) is 11.8 Å². The molecule has 0 saturated carbocycles. The molecule has 1 aromatic carbocycles. The number of nitrogens with zero attached hydrogens (tertiary/aromatic N) is 1. The number of aryl methyl sites for hydroxylation is 2. The van der Waals surface area contributed by atoms with Crippen LogP contribution in [0.25, 0.3) is 0 Å². The molecule has 27 heavy (non-hydrogen) atoms. The van der Waals surface area contributed by atoms with Gasteiger partial charge >= 0.3 is 0 Å². The van der Waals surface area contributed by atoms with E-state index >= 15 is 0 Å². The summed E-state index contributed by atoms with van der Waals surface area (Å²) in [7, 11) is 0. The number of benzene rings is 1. The largest absolute Gasteiger partial charge is 0.326 e. The topological polar surface area (TPSA) is 70.6 Å². The number of allylic oxidation sites excluding steroid dienone is 4. The standard InChI is InChI=1S/C22H31N3O2/c1-16(2)7-6-8-17(3)13-14-23-25-22(27)12-11-21(26)24-20-15-18(4)9-10-19(20)5/h7,9-10,13-15H,6,8,11-12H2,1-5H3,(H,24,26)(H,25,27). The van der Waals surface area contributed by atoms with Crippen molar-refractivity contribution in [2.45, 2.75) is 60.3 Å². The highest BCUT2D eigenvalue weighted by atomic mass is 16.2. The molecule has 146 valence electrons. The number of nitrogens with one attached hydrogen (secondary N) is 2. The molecule has 0 atom stereocenters. The highest BCUT2D eigenvalue weighted by Crippen LogP contribution is 2.16. The molecule has 2 amide bonds. The zero-order valence-electron chi connectivity index (χ0n) is 17.1. The summed E-state index contributed by atoms with van der Waals surface area (Å²) >= 11 is 0. The third kappa shape index (κ3) is 10.1. The average Bonchev–Trinajstić information content (AvgIpc) is 2.60. The molecule has 0 aromatic heterocycles. The minimum atomic E-state index is -0.280. The number of anilines is 1. The van der Waals surface area contributed by atoms with Crippen molar-refractivity contribution >= 4 is 23.7 Å². The average molecular weight is 370 g/mol. The summed E-state index contributed by atoms with van der Waals surface area (Å²) in [6.07, 6.45) is 7.82. The first-order chi connectivity index (χ1) is 12.8. The zero-order chi connectivity index (χ0) is 20.2. The van der Waals surface area contributed by atoms with E-state index in [2.05, 4.69) is 35.8 Å². The maximum atomic E-state index is 12.0. The molecule has 0 aliphatic rings. The Morgan fingerprint density at radius 3 is 2.44 bits per heavy atom. The summed E-state index contributed by atoms with van der Waals surface area (Å²) in [6, 6.07) is 5.87. The Labute approximate surface area is 162 Å². The van der Waals surface area contributed by atoms with Crippen molar-refractivity contribution in [2.75, 3.05) is 5.32 Å². The van der Waals surface area contributed by atoms with E-state index in [1.807, 2.05) is 45.0 Å². The fourth-order valence-electron chi connectivity index (χ4n) is 2.31. The maximum Gasteiger partial charge on any atom is 0.240 e. The van der Waals surface area contributed by atoms with E-state index in [-0.39, 0.29) is 24.7 Å². The summed E-state index contributed by atoms with van der Waals surface area (Å²) in [4.78, 5) is 23.8. The van der Waals surface area contributed by atoms with Crippen LogP contribution in [-0.4, -0.2) is 18.0 Å². The van der Waals surface area contributed by atoms with E-state index in [0.717, 1.165) is 29.7 Å². The van der Waals surface area contributed by atoms with Gasteiger partial charge in [-0.15, -0.1) is 0 Å². The maximum absolute atomic E-state index is 12.0. The Bertz CT molecular complexity index is 742. The van der Waals surface area contributed by atoms with Crippen LogP contribution in [0.3, 0.4) is 0 Å². The fraction of sp³-hybridized carbons (Fsp3) is 0.409. The summed E-state index contributed by atoms with van der Waals surface area (Å²) in [5.41, 5.74) is 7.81. The van der Waals surface area contributed by atoms with Gasteiger partial charge in [0.05, 0.1) is 0 Å². The first-order valence-electron chi connectivity index (χ1n) is 9.26. The van der Waals surface area contributed by atoms with E-state index in [0.29, 0.717) is 0 Å². The first-order valence-corrected chi connectivity index (χ1v) is 9.26.